The lowest BCUT2D eigenvalue weighted by atomic mass is 10.1. The van der Waals surface area contributed by atoms with Gasteiger partial charge in [0.15, 0.2) is 5.11 Å². The molecule has 3 aromatic carbocycles. The monoisotopic (exact) mass is 499 g/mol. The van der Waals surface area contributed by atoms with Crippen molar-refractivity contribution in [1.29, 1.82) is 0 Å². The molecule has 0 atom stereocenters. The molecule has 2 heterocycles. The van der Waals surface area contributed by atoms with Gasteiger partial charge in [-0.2, -0.15) is 0 Å². The zero-order chi connectivity index (χ0) is 24.5. The number of halogens is 1. The van der Waals surface area contributed by atoms with Crippen LogP contribution in [-0.4, -0.2) is 21.5 Å². The maximum atomic E-state index is 13.5. The van der Waals surface area contributed by atoms with E-state index in [1.807, 2.05) is 79.0 Å². The van der Waals surface area contributed by atoms with Crippen molar-refractivity contribution in [1.82, 2.24) is 9.88 Å². The van der Waals surface area contributed by atoms with Gasteiger partial charge in [-0.05, 0) is 60.1 Å². The van der Waals surface area contributed by atoms with Crippen molar-refractivity contribution < 1.29 is 9.59 Å². The Morgan fingerprint density at radius 2 is 1.69 bits per heavy atom. The van der Waals surface area contributed by atoms with Gasteiger partial charge in [0.25, 0.3) is 11.8 Å². The van der Waals surface area contributed by atoms with E-state index in [-0.39, 0.29) is 10.7 Å². The largest absolute Gasteiger partial charge is 0.342 e. The third-order valence-corrected chi connectivity index (χ3v) is 6.78. The topological polar surface area (TPSA) is 54.3 Å². The summed E-state index contributed by atoms with van der Waals surface area (Å²) in [6.45, 7) is 2.62. The van der Waals surface area contributed by atoms with E-state index in [4.69, 9.17) is 23.8 Å². The van der Waals surface area contributed by atoms with Gasteiger partial charge in [-0.1, -0.05) is 67.1 Å². The van der Waals surface area contributed by atoms with Gasteiger partial charge < -0.3 is 4.57 Å². The SMILES string of the molecule is CCc1ccc(N2C(=O)C(=Cc3cn(Cc4ccccc4Cl)c4ccccc34)C(=O)NC2=S)cc1. The molecule has 5 nitrogen and oxygen atoms in total. The van der Waals surface area contributed by atoms with Crippen LogP contribution in [0, 0.1) is 0 Å². The Labute approximate surface area is 213 Å². The number of fused-ring (bicyclic) bond motifs is 1. The molecule has 0 bridgehead atoms. The highest BCUT2D eigenvalue weighted by atomic mass is 35.5. The molecule has 0 spiro atoms. The second-order valence-electron chi connectivity index (χ2n) is 8.30. The molecule has 0 radical (unpaired) electrons. The number of para-hydroxylation sites is 1. The lowest BCUT2D eigenvalue weighted by Crippen LogP contribution is -2.54. The fraction of sp³-hybridized carbons (Fsp3) is 0.107. The smallest absolute Gasteiger partial charge is 0.270 e. The third-order valence-electron chi connectivity index (χ3n) is 6.12. The summed E-state index contributed by atoms with van der Waals surface area (Å²) >= 11 is 11.7. The predicted molar refractivity (Wildman–Crippen MR) is 145 cm³/mol. The number of aryl methyl sites for hydroxylation is 1. The molecule has 1 aliphatic rings. The maximum absolute atomic E-state index is 13.5. The van der Waals surface area contributed by atoms with Crippen molar-refractivity contribution in [2.24, 2.45) is 0 Å². The zero-order valence-corrected chi connectivity index (χ0v) is 20.6. The number of thiocarbonyl (C=S) groups is 1. The van der Waals surface area contributed by atoms with Gasteiger partial charge in [0, 0.05) is 34.2 Å². The van der Waals surface area contributed by atoms with Gasteiger partial charge >= 0.3 is 0 Å². The fourth-order valence-corrected chi connectivity index (χ4v) is 4.74. The van der Waals surface area contributed by atoms with Gasteiger partial charge in [0.2, 0.25) is 0 Å². The van der Waals surface area contributed by atoms with Gasteiger partial charge in [0.05, 0.1) is 5.69 Å². The lowest BCUT2D eigenvalue weighted by molar-refractivity contribution is -0.122. The summed E-state index contributed by atoms with van der Waals surface area (Å²) in [5, 5.41) is 4.35. The molecule has 1 aromatic heterocycles. The number of amides is 2. The minimum atomic E-state index is -0.510. The van der Waals surface area contributed by atoms with Crippen LogP contribution in [-0.2, 0) is 22.6 Å². The summed E-state index contributed by atoms with van der Waals surface area (Å²) < 4.78 is 2.07. The van der Waals surface area contributed by atoms with E-state index >= 15 is 0 Å². The summed E-state index contributed by atoms with van der Waals surface area (Å²) in [6, 6.07) is 23.2. The number of nitrogens with zero attached hydrogens (tertiary/aromatic N) is 2. The molecule has 4 aromatic rings. The van der Waals surface area contributed by atoms with Crippen LogP contribution in [0.25, 0.3) is 17.0 Å². The van der Waals surface area contributed by atoms with Crippen LogP contribution in [0.3, 0.4) is 0 Å². The summed E-state index contributed by atoms with van der Waals surface area (Å²) in [7, 11) is 0. The second-order valence-corrected chi connectivity index (χ2v) is 9.09. The van der Waals surface area contributed by atoms with Crippen LogP contribution in [0.1, 0.15) is 23.6 Å². The van der Waals surface area contributed by atoms with Crippen LogP contribution in [0.2, 0.25) is 5.02 Å². The molecule has 0 unspecified atom stereocenters. The number of carbonyl (C=O) groups is 2. The normalized spacial score (nSPS) is 15.2. The molecule has 1 N–H and O–H groups in total. The average molecular weight is 500 g/mol. The molecule has 2 amide bonds. The van der Waals surface area contributed by atoms with E-state index in [9.17, 15) is 9.59 Å². The highest BCUT2D eigenvalue weighted by molar-refractivity contribution is 7.80. The number of carbonyl (C=O) groups excluding carboxylic acids is 2. The first-order chi connectivity index (χ1) is 17.0. The molecular formula is C28H22ClN3O2S. The molecule has 0 saturated carbocycles. The molecule has 35 heavy (non-hydrogen) atoms. The van der Waals surface area contributed by atoms with Crippen LogP contribution in [0.15, 0.2) is 84.6 Å². The Hall–Kier alpha value is -3.74. The molecule has 0 aliphatic carbocycles. The number of nitrogens with one attached hydrogen (secondary N) is 1. The Bertz CT molecular complexity index is 1500. The first kappa shape index (κ1) is 23.0. The first-order valence-electron chi connectivity index (χ1n) is 11.3. The Morgan fingerprint density at radius 1 is 0.971 bits per heavy atom. The van der Waals surface area contributed by atoms with E-state index in [0.29, 0.717) is 17.3 Å². The fourth-order valence-electron chi connectivity index (χ4n) is 4.26. The standard InChI is InChI=1S/C28H22ClN3O2S/c1-2-18-11-13-21(14-12-18)32-27(34)23(26(33)30-28(32)35)15-20-17-31(25-10-6-4-8-22(20)25)16-19-7-3-5-9-24(19)29/h3-15,17H,2,16H2,1H3,(H,30,33,35). The minimum absolute atomic E-state index is 0.0267. The molecule has 174 valence electrons. The zero-order valence-electron chi connectivity index (χ0n) is 19.0. The van der Waals surface area contributed by atoms with Crippen molar-refractivity contribution in [2.75, 3.05) is 4.90 Å². The van der Waals surface area contributed by atoms with E-state index in [1.165, 1.54) is 4.90 Å². The Morgan fingerprint density at radius 3 is 2.43 bits per heavy atom. The van der Waals surface area contributed by atoms with Crippen molar-refractivity contribution in [3.63, 3.8) is 0 Å². The summed E-state index contributed by atoms with van der Waals surface area (Å²) in [5.41, 5.74) is 4.51. The number of rotatable bonds is 5. The highest BCUT2D eigenvalue weighted by Crippen LogP contribution is 2.28. The highest BCUT2D eigenvalue weighted by Gasteiger charge is 2.34. The predicted octanol–water partition coefficient (Wildman–Crippen LogP) is 5.74. The summed E-state index contributed by atoms with van der Waals surface area (Å²) in [5.74, 6) is -0.963. The van der Waals surface area contributed by atoms with Crippen LogP contribution in [0.4, 0.5) is 5.69 Å². The van der Waals surface area contributed by atoms with Gasteiger partial charge in [0.1, 0.15) is 5.57 Å². The first-order valence-corrected chi connectivity index (χ1v) is 12.1. The second kappa shape index (κ2) is 9.49. The molecule has 1 aliphatic heterocycles. The van der Waals surface area contributed by atoms with Crippen LogP contribution >= 0.6 is 23.8 Å². The third kappa shape index (κ3) is 4.38. The van der Waals surface area contributed by atoms with E-state index < -0.39 is 11.8 Å². The Kier molecular flexibility index (Phi) is 6.24. The minimum Gasteiger partial charge on any atom is -0.342 e. The summed E-state index contributed by atoms with van der Waals surface area (Å²) in [6.07, 6.45) is 4.46. The number of benzene rings is 3. The molecule has 5 rings (SSSR count). The average Bonchev–Trinajstić information content (AvgIpc) is 3.20. The number of hydrogen-bond acceptors (Lipinski definition) is 3. The maximum Gasteiger partial charge on any atom is 0.270 e. The summed E-state index contributed by atoms with van der Waals surface area (Å²) in [4.78, 5) is 27.7. The number of aromatic nitrogens is 1. The molecule has 1 saturated heterocycles. The van der Waals surface area contributed by atoms with Crippen molar-refractivity contribution >= 4 is 63.4 Å². The van der Waals surface area contributed by atoms with Gasteiger partial charge in [-0.25, -0.2) is 0 Å². The van der Waals surface area contributed by atoms with E-state index in [0.717, 1.165) is 34.0 Å². The van der Waals surface area contributed by atoms with Crippen LogP contribution < -0.4 is 10.2 Å². The van der Waals surface area contributed by atoms with Crippen molar-refractivity contribution in [3.8, 4) is 0 Å². The Balaban J connectivity index is 1.56. The lowest BCUT2D eigenvalue weighted by Gasteiger charge is -2.29. The molecule has 7 heteroatoms. The number of hydrogen-bond donors (Lipinski definition) is 1. The quantitative estimate of drug-likeness (QED) is 0.216. The number of anilines is 1. The molecule has 1 fully saturated rings. The molecular weight excluding hydrogens is 478 g/mol. The van der Waals surface area contributed by atoms with Gasteiger partial charge in [-0.3, -0.25) is 19.8 Å². The van der Waals surface area contributed by atoms with Crippen LogP contribution in [0.5, 0.6) is 0 Å². The van der Waals surface area contributed by atoms with E-state index in [1.54, 1.807) is 6.08 Å². The van der Waals surface area contributed by atoms with Crippen molar-refractivity contribution in [2.45, 2.75) is 19.9 Å². The van der Waals surface area contributed by atoms with E-state index in [2.05, 4.69) is 16.8 Å². The van der Waals surface area contributed by atoms with Crippen molar-refractivity contribution in [3.05, 3.63) is 106 Å². The van der Waals surface area contributed by atoms with Gasteiger partial charge in [-0.15, -0.1) is 0 Å².